The van der Waals surface area contributed by atoms with Gasteiger partial charge in [-0.15, -0.1) is 0 Å². The minimum Gasteiger partial charge on any atom is -1.00 e. The first-order chi connectivity index (χ1) is 7.40. The largest absolute Gasteiger partial charge is 1.00 e. The Morgan fingerprint density at radius 1 is 0.938 bits per heavy atom. The predicted octanol–water partition coefficient (Wildman–Crippen LogP) is -0.559. The van der Waals surface area contributed by atoms with Gasteiger partial charge in [0.2, 0.25) is 0 Å². The summed E-state index contributed by atoms with van der Waals surface area (Å²) in [5, 5.41) is 2.59. The van der Waals surface area contributed by atoms with Crippen LogP contribution < -0.4 is 34.2 Å². The maximum absolute atomic E-state index is 5.32. The number of rotatable bonds is 3. The Morgan fingerprint density at radius 2 is 1.56 bits per heavy atom. The molecular weight excluding hydrogens is 210 g/mol. The first-order valence-corrected chi connectivity index (χ1v) is 5.85. The van der Waals surface area contributed by atoms with Gasteiger partial charge in [-0.3, -0.25) is 0 Å². The van der Waals surface area contributed by atoms with E-state index in [0.29, 0.717) is 8.58 Å². The van der Waals surface area contributed by atoms with Gasteiger partial charge in [-0.1, -0.05) is 57.1 Å². The maximum Gasteiger partial charge on any atom is 1.00 e. The van der Waals surface area contributed by atoms with Crippen LogP contribution in [-0.2, 0) is 0 Å². The molecule has 0 saturated heterocycles. The molecule has 1 unspecified atom stereocenters. The molecule has 1 nitrogen and oxygen atoms in total. The van der Waals surface area contributed by atoms with E-state index in [1.165, 1.54) is 10.6 Å². The molecule has 0 fully saturated rings. The van der Waals surface area contributed by atoms with Crippen molar-refractivity contribution in [3.8, 4) is 5.75 Å². The quantitative estimate of drug-likeness (QED) is 0.501. The second-order valence-electron chi connectivity index (χ2n) is 3.19. The monoisotopic (exact) mass is 224 g/mol. The van der Waals surface area contributed by atoms with Gasteiger partial charge in [0.15, 0.2) is 0 Å². The molecular formula is C13H14LiOP. The van der Waals surface area contributed by atoms with Crippen molar-refractivity contribution in [2.45, 2.75) is 0 Å². The molecule has 1 atom stereocenters. The first kappa shape index (κ1) is 13.3. The number of methoxy groups -OCH3 is 1. The van der Waals surface area contributed by atoms with E-state index in [4.69, 9.17) is 4.74 Å². The van der Waals surface area contributed by atoms with E-state index >= 15 is 0 Å². The van der Waals surface area contributed by atoms with Gasteiger partial charge < -0.3 is 6.16 Å². The predicted molar refractivity (Wildman–Crippen MR) is 68.1 cm³/mol. The van der Waals surface area contributed by atoms with Gasteiger partial charge >= 0.3 is 18.9 Å². The molecule has 2 aromatic rings. The summed E-state index contributed by atoms with van der Waals surface area (Å²) < 4.78 is 5.32. The molecule has 2 rings (SSSR count). The fraction of sp³-hybridized carbons (Fsp3) is 0.0769. The van der Waals surface area contributed by atoms with Crippen LogP contribution >= 0.6 is 8.58 Å². The van der Waals surface area contributed by atoms with Gasteiger partial charge in [-0.25, -0.2) is 0 Å². The van der Waals surface area contributed by atoms with Crippen molar-refractivity contribution in [1.82, 2.24) is 0 Å². The molecule has 0 aliphatic rings. The molecule has 78 valence electrons. The van der Waals surface area contributed by atoms with Crippen molar-refractivity contribution in [2.75, 3.05) is 7.11 Å². The molecule has 0 N–H and O–H groups in total. The Labute approximate surface area is 112 Å². The molecule has 0 radical (unpaired) electrons. The zero-order chi connectivity index (χ0) is 10.5. The Kier molecular flexibility index (Phi) is 5.64. The van der Waals surface area contributed by atoms with E-state index in [2.05, 4.69) is 30.3 Å². The van der Waals surface area contributed by atoms with Crippen LogP contribution in [0.2, 0.25) is 0 Å². The topological polar surface area (TPSA) is 9.23 Å². The third-order valence-corrected chi connectivity index (χ3v) is 3.46. The van der Waals surface area contributed by atoms with Crippen LogP contribution in [0.3, 0.4) is 0 Å². The van der Waals surface area contributed by atoms with Crippen LogP contribution in [0.4, 0.5) is 0 Å². The summed E-state index contributed by atoms with van der Waals surface area (Å²) in [5.41, 5.74) is 0. The van der Waals surface area contributed by atoms with Crippen molar-refractivity contribution < 1.29 is 25.0 Å². The van der Waals surface area contributed by atoms with Crippen LogP contribution in [0.25, 0.3) is 0 Å². The molecule has 0 spiro atoms. The number of para-hydroxylation sites is 1. The van der Waals surface area contributed by atoms with Gasteiger partial charge in [0, 0.05) is 5.30 Å². The molecule has 0 aliphatic carbocycles. The van der Waals surface area contributed by atoms with Crippen LogP contribution in [0.1, 0.15) is 1.43 Å². The van der Waals surface area contributed by atoms with Crippen molar-refractivity contribution in [1.29, 1.82) is 0 Å². The molecule has 0 saturated carbocycles. The second kappa shape index (κ2) is 6.77. The van der Waals surface area contributed by atoms with E-state index in [0.717, 1.165) is 5.75 Å². The molecule has 3 heteroatoms. The maximum atomic E-state index is 5.32. The van der Waals surface area contributed by atoms with Gasteiger partial charge in [0.1, 0.15) is 5.75 Å². The Bertz CT molecular complexity index is 436. The summed E-state index contributed by atoms with van der Waals surface area (Å²) in [7, 11) is 2.37. The average Bonchev–Trinajstić information content (AvgIpc) is 2.31. The molecule has 0 amide bonds. The molecule has 16 heavy (non-hydrogen) atoms. The SMILES string of the molecule is COc1ccccc1Pc1ccccc1.[H-].[Li+]. The summed E-state index contributed by atoms with van der Waals surface area (Å²) in [5.74, 6) is 0.972. The molecule has 0 aromatic heterocycles. The van der Waals surface area contributed by atoms with E-state index in [1.807, 2.05) is 24.3 Å². The summed E-state index contributed by atoms with van der Waals surface area (Å²) >= 11 is 0. The number of benzene rings is 2. The minimum atomic E-state index is 0. The number of hydrogen-bond donors (Lipinski definition) is 0. The van der Waals surface area contributed by atoms with E-state index in [-0.39, 0.29) is 20.3 Å². The standard InChI is InChI=1S/C13H13OP.Li.H/c1-14-12-9-5-6-10-13(12)15-11-7-3-2-4-8-11;;/h2-10,15H,1H3;;/q;+1;-1. The molecule has 2 aromatic carbocycles. The second-order valence-corrected chi connectivity index (χ2v) is 4.56. The molecule has 0 aliphatic heterocycles. The van der Waals surface area contributed by atoms with Crippen molar-refractivity contribution in [3.05, 3.63) is 54.6 Å². The van der Waals surface area contributed by atoms with Crippen LogP contribution in [-0.4, -0.2) is 7.11 Å². The van der Waals surface area contributed by atoms with Crippen LogP contribution in [0, 0.1) is 0 Å². The summed E-state index contributed by atoms with van der Waals surface area (Å²) in [6.45, 7) is 0. The first-order valence-electron chi connectivity index (χ1n) is 4.85. The summed E-state index contributed by atoms with van der Waals surface area (Å²) in [6, 6.07) is 18.6. The smallest absolute Gasteiger partial charge is 1.00 e. The van der Waals surface area contributed by atoms with Crippen LogP contribution in [0.15, 0.2) is 54.6 Å². The zero-order valence-electron chi connectivity index (χ0n) is 10.6. The number of ether oxygens (including phenoxy) is 1. The third-order valence-electron chi connectivity index (χ3n) is 2.16. The van der Waals surface area contributed by atoms with E-state index < -0.39 is 0 Å². The summed E-state index contributed by atoms with van der Waals surface area (Å²) in [6.07, 6.45) is 0. The third kappa shape index (κ3) is 3.39. The van der Waals surface area contributed by atoms with Gasteiger partial charge in [0.25, 0.3) is 0 Å². The van der Waals surface area contributed by atoms with Crippen LogP contribution in [0.5, 0.6) is 5.75 Å². The molecule has 0 bridgehead atoms. The zero-order valence-corrected chi connectivity index (χ0v) is 10.6. The van der Waals surface area contributed by atoms with Crippen molar-refractivity contribution >= 4 is 19.2 Å². The van der Waals surface area contributed by atoms with E-state index in [9.17, 15) is 0 Å². The Morgan fingerprint density at radius 3 is 2.25 bits per heavy atom. The van der Waals surface area contributed by atoms with Gasteiger partial charge in [-0.05, 0) is 11.4 Å². The fourth-order valence-electron chi connectivity index (χ4n) is 1.42. The summed E-state index contributed by atoms with van der Waals surface area (Å²) in [4.78, 5) is 0. The van der Waals surface area contributed by atoms with Crippen molar-refractivity contribution in [2.24, 2.45) is 0 Å². The van der Waals surface area contributed by atoms with E-state index in [1.54, 1.807) is 7.11 Å². The molecule has 0 heterocycles. The van der Waals surface area contributed by atoms with Gasteiger partial charge in [-0.2, -0.15) is 0 Å². The average molecular weight is 224 g/mol. The minimum absolute atomic E-state index is 0. The van der Waals surface area contributed by atoms with Crippen molar-refractivity contribution in [3.63, 3.8) is 0 Å². The van der Waals surface area contributed by atoms with Gasteiger partial charge in [0.05, 0.1) is 7.11 Å². The Hall–Kier alpha value is -0.733. The number of hydrogen-bond acceptors (Lipinski definition) is 1. The normalized spacial score (nSPS) is 10.1. The fourth-order valence-corrected chi connectivity index (χ4v) is 2.58. The Balaban J connectivity index is 0.00000128.